The molecule has 0 unspecified atom stereocenters. The number of ether oxygens (including phenoxy) is 1. The van der Waals surface area contributed by atoms with Crippen molar-refractivity contribution >= 4 is 6.08 Å². The molecule has 2 aliphatic carbocycles. The van der Waals surface area contributed by atoms with Crippen molar-refractivity contribution in [2.75, 3.05) is 6.61 Å². The molecule has 0 radical (unpaired) electrons. The molecule has 2 aliphatic rings. The summed E-state index contributed by atoms with van der Waals surface area (Å²) in [4.78, 5) is 0. The van der Waals surface area contributed by atoms with Gasteiger partial charge in [0.2, 0.25) is 0 Å². The molecule has 2 fully saturated rings. The highest BCUT2D eigenvalue weighted by Gasteiger charge is 2.29. The van der Waals surface area contributed by atoms with Gasteiger partial charge in [-0.15, -0.1) is 0 Å². The Bertz CT molecular complexity index is 654. The summed E-state index contributed by atoms with van der Waals surface area (Å²) in [6.45, 7) is 4.31. The van der Waals surface area contributed by atoms with Crippen molar-refractivity contribution in [3.8, 4) is 5.75 Å². The summed E-state index contributed by atoms with van der Waals surface area (Å²) in [5, 5.41) is 0. The van der Waals surface area contributed by atoms with Crippen LogP contribution in [0.4, 0.5) is 13.2 Å². The highest BCUT2D eigenvalue weighted by atomic mass is 19.3. The standard InChI is InChI=1S/C24H33F3O/c1-3-28-21-15-14-20(22(23(21)25)24(26)27)13-8-17-6-11-19(12-7-17)18-9-4-16(2)5-10-18/h8,13-19,24H,3-7,9-12H2,1-2H3/b13-8+. The Morgan fingerprint density at radius 2 is 1.61 bits per heavy atom. The smallest absolute Gasteiger partial charge is 0.267 e. The highest BCUT2D eigenvalue weighted by Crippen LogP contribution is 2.42. The molecule has 0 atom stereocenters. The molecule has 156 valence electrons. The second-order valence-corrected chi connectivity index (χ2v) is 8.67. The summed E-state index contributed by atoms with van der Waals surface area (Å²) in [6.07, 6.45) is 11.0. The van der Waals surface area contributed by atoms with Gasteiger partial charge < -0.3 is 4.74 Å². The van der Waals surface area contributed by atoms with E-state index in [4.69, 9.17) is 4.74 Å². The van der Waals surface area contributed by atoms with Gasteiger partial charge >= 0.3 is 0 Å². The first-order chi connectivity index (χ1) is 13.5. The molecule has 0 amide bonds. The van der Waals surface area contributed by atoms with Gasteiger partial charge in [0.15, 0.2) is 11.6 Å². The van der Waals surface area contributed by atoms with Crippen LogP contribution in [0.15, 0.2) is 18.2 Å². The van der Waals surface area contributed by atoms with Crippen LogP contribution >= 0.6 is 0 Å². The zero-order valence-corrected chi connectivity index (χ0v) is 17.1. The molecule has 28 heavy (non-hydrogen) atoms. The van der Waals surface area contributed by atoms with Crippen LogP contribution in [0.3, 0.4) is 0 Å². The summed E-state index contributed by atoms with van der Waals surface area (Å²) < 4.78 is 46.4. The Labute approximate surface area is 167 Å². The lowest BCUT2D eigenvalue weighted by Gasteiger charge is -2.36. The number of rotatable bonds is 6. The van der Waals surface area contributed by atoms with Crippen molar-refractivity contribution < 1.29 is 17.9 Å². The van der Waals surface area contributed by atoms with Gasteiger partial charge in [0.1, 0.15) is 0 Å². The molecule has 1 aromatic carbocycles. The number of allylic oxidation sites excluding steroid dienone is 1. The fourth-order valence-corrected chi connectivity index (χ4v) is 5.03. The summed E-state index contributed by atoms with van der Waals surface area (Å²) in [6, 6.07) is 2.99. The van der Waals surface area contributed by atoms with E-state index in [9.17, 15) is 13.2 Å². The number of halogens is 3. The fourth-order valence-electron chi connectivity index (χ4n) is 5.03. The zero-order chi connectivity index (χ0) is 20.1. The maximum absolute atomic E-state index is 14.4. The van der Waals surface area contributed by atoms with Crippen molar-refractivity contribution in [2.45, 2.75) is 71.6 Å². The lowest BCUT2D eigenvalue weighted by atomic mass is 9.69. The second kappa shape index (κ2) is 9.84. The van der Waals surface area contributed by atoms with Gasteiger partial charge in [-0.25, -0.2) is 13.2 Å². The van der Waals surface area contributed by atoms with Crippen molar-refractivity contribution in [3.05, 3.63) is 35.2 Å². The minimum absolute atomic E-state index is 0.0998. The Morgan fingerprint density at radius 3 is 2.18 bits per heavy atom. The van der Waals surface area contributed by atoms with Crippen LogP contribution in [0.25, 0.3) is 6.08 Å². The molecule has 4 heteroatoms. The molecule has 1 aromatic rings. The Balaban J connectivity index is 1.61. The third kappa shape index (κ3) is 5.12. The quantitative estimate of drug-likeness (QED) is 0.478. The average Bonchev–Trinajstić information content (AvgIpc) is 2.69. The molecule has 0 spiro atoms. The lowest BCUT2D eigenvalue weighted by molar-refractivity contribution is 0.144. The molecular weight excluding hydrogens is 361 g/mol. The molecule has 0 heterocycles. The molecule has 3 rings (SSSR count). The van der Waals surface area contributed by atoms with Gasteiger partial charge in [-0.2, -0.15) is 0 Å². The van der Waals surface area contributed by atoms with E-state index >= 15 is 0 Å². The topological polar surface area (TPSA) is 9.23 Å². The van der Waals surface area contributed by atoms with Crippen LogP contribution in [0.5, 0.6) is 5.75 Å². The predicted molar refractivity (Wildman–Crippen MR) is 108 cm³/mol. The van der Waals surface area contributed by atoms with E-state index in [-0.39, 0.29) is 17.9 Å². The normalized spacial score (nSPS) is 28.8. The van der Waals surface area contributed by atoms with Gasteiger partial charge in [-0.3, -0.25) is 0 Å². The maximum atomic E-state index is 14.4. The van der Waals surface area contributed by atoms with Crippen LogP contribution in [-0.2, 0) is 0 Å². The Hall–Kier alpha value is -1.45. The molecular formula is C24H33F3O. The van der Waals surface area contributed by atoms with Gasteiger partial charge in [-0.1, -0.05) is 38.0 Å². The fraction of sp³-hybridized carbons (Fsp3) is 0.667. The van der Waals surface area contributed by atoms with Crippen LogP contribution in [0, 0.1) is 29.5 Å². The molecule has 1 nitrogen and oxygen atoms in total. The number of alkyl halides is 2. The van der Waals surface area contributed by atoms with Crippen molar-refractivity contribution in [3.63, 3.8) is 0 Å². The van der Waals surface area contributed by atoms with E-state index < -0.39 is 17.8 Å². The van der Waals surface area contributed by atoms with Crippen LogP contribution in [0.1, 0.15) is 82.8 Å². The monoisotopic (exact) mass is 394 g/mol. The molecule has 0 aromatic heterocycles. The summed E-state index contributed by atoms with van der Waals surface area (Å²) in [7, 11) is 0. The van der Waals surface area contributed by atoms with Crippen LogP contribution in [0.2, 0.25) is 0 Å². The van der Waals surface area contributed by atoms with Gasteiger partial charge in [0.25, 0.3) is 6.43 Å². The first kappa shape index (κ1) is 21.3. The van der Waals surface area contributed by atoms with E-state index in [1.54, 1.807) is 19.1 Å². The van der Waals surface area contributed by atoms with E-state index in [1.807, 2.05) is 6.08 Å². The number of benzene rings is 1. The van der Waals surface area contributed by atoms with Gasteiger partial charge in [0, 0.05) is 0 Å². The minimum atomic E-state index is -2.86. The molecule has 0 N–H and O–H groups in total. The van der Waals surface area contributed by atoms with E-state index in [2.05, 4.69) is 6.92 Å². The SMILES string of the molecule is CCOc1ccc(/C=C/C2CCC(C3CCC(C)CC3)CC2)c(C(F)F)c1F. The largest absolute Gasteiger partial charge is 0.491 e. The summed E-state index contributed by atoms with van der Waals surface area (Å²) in [5.74, 6) is 1.96. The summed E-state index contributed by atoms with van der Waals surface area (Å²) in [5.41, 5.74) is -0.286. The van der Waals surface area contributed by atoms with Crippen molar-refractivity contribution in [1.82, 2.24) is 0 Å². The first-order valence-electron chi connectivity index (χ1n) is 10.9. The Morgan fingerprint density at radius 1 is 1.00 bits per heavy atom. The zero-order valence-electron chi connectivity index (χ0n) is 17.1. The molecule has 0 saturated heterocycles. The average molecular weight is 395 g/mol. The molecule has 0 aliphatic heterocycles. The molecule has 0 bridgehead atoms. The third-order valence-electron chi connectivity index (χ3n) is 6.79. The second-order valence-electron chi connectivity index (χ2n) is 8.67. The minimum Gasteiger partial charge on any atom is -0.491 e. The van der Waals surface area contributed by atoms with Crippen LogP contribution < -0.4 is 4.74 Å². The highest BCUT2D eigenvalue weighted by molar-refractivity contribution is 5.57. The van der Waals surface area contributed by atoms with Gasteiger partial charge in [0.05, 0.1) is 12.2 Å². The van der Waals surface area contributed by atoms with Crippen LogP contribution in [-0.4, -0.2) is 6.61 Å². The number of hydrogen-bond acceptors (Lipinski definition) is 1. The number of hydrogen-bond donors (Lipinski definition) is 0. The third-order valence-corrected chi connectivity index (χ3v) is 6.79. The molecule has 2 saturated carbocycles. The van der Waals surface area contributed by atoms with E-state index in [0.29, 0.717) is 5.92 Å². The van der Waals surface area contributed by atoms with E-state index in [0.717, 1.165) is 30.6 Å². The summed E-state index contributed by atoms with van der Waals surface area (Å²) >= 11 is 0. The first-order valence-corrected chi connectivity index (χ1v) is 10.9. The lowest BCUT2D eigenvalue weighted by Crippen LogP contribution is -2.24. The van der Waals surface area contributed by atoms with E-state index in [1.165, 1.54) is 44.6 Å². The van der Waals surface area contributed by atoms with Crippen molar-refractivity contribution in [2.24, 2.45) is 23.7 Å². The predicted octanol–water partition coefficient (Wildman–Crippen LogP) is 7.81. The van der Waals surface area contributed by atoms with Crippen molar-refractivity contribution in [1.29, 1.82) is 0 Å². The maximum Gasteiger partial charge on any atom is 0.267 e. The van der Waals surface area contributed by atoms with Gasteiger partial charge in [-0.05, 0) is 80.8 Å². The Kier molecular flexibility index (Phi) is 7.48.